The van der Waals surface area contributed by atoms with Crippen molar-refractivity contribution in [2.24, 2.45) is 0 Å². The van der Waals surface area contributed by atoms with Gasteiger partial charge in [0.1, 0.15) is 17.7 Å². The first-order valence-electron chi connectivity index (χ1n) is 14.5. The molecule has 41 heavy (non-hydrogen) atoms. The molecule has 4 rings (SSSR count). The van der Waals surface area contributed by atoms with Crippen molar-refractivity contribution in [1.29, 1.82) is 0 Å². The van der Waals surface area contributed by atoms with Crippen molar-refractivity contribution in [3.05, 3.63) is 59.7 Å². The minimum atomic E-state index is -0.641. The van der Waals surface area contributed by atoms with E-state index in [-0.39, 0.29) is 42.3 Å². The minimum Gasteiger partial charge on any atom is -0.381 e. The second kappa shape index (κ2) is 15.0. The fourth-order valence-electron chi connectivity index (χ4n) is 5.47. The molecule has 2 N–H and O–H groups in total. The molecule has 2 atom stereocenters. The van der Waals surface area contributed by atoms with E-state index in [1.165, 1.54) is 35.9 Å². The molecule has 2 fully saturated rings. The van der Waals surface area contributed by atoms with Crippen LogP contribution in [0.25, 0.3) is 11.1 Å². The Kier molecular flexibility index (Phi) is 11.2. The number of nitrogens with one attached hydrogen (secondary N) is 2. The number of halogens is 2. The van der Waals surface area contributed by atoms with E-state index in [9.17, 15) is 23.2 Å². The lowest BCUT2D eigenvalue weighted by molar-refractivity contribution is -0.139. The van der Waals surface area contributed by atoms with Crippen LogP contribution in [0.2, 0.25) is 0 Å². The summed E-state index contributed by atoms with van der Waals surface area (Å²) in [6, 6.07) is 9.41. The van der Waals surface area contributed by atoms with Crippen molar-refractivity contribution >= 4 is 17.7 Å². The van der Waals surface area contributed by atoms with E-state index in [0.29, 0.717) is 38.2 Å². The molecule has 2 aromatic rings. The average Bonchev–Trinajstić information content (AvgIpc) is 3.67. The topological polar surface area (TPSA) is 91.0 Å². The SMILES string of the molecule is C[C@H](NC(=O)[C@@H]1CCCN1C(=O)CNC(=O)CCOCCCN1CCCC1)c1ccc(-c2c(F)cccc2F)cc1. The van der Waals surface area contributed by atoms with Crippen LogP contribution in [0, 0.1) is 11.6 Å². The molecule has 2 saturated heterocycles. The smallest absolute Gasteiger partial charge is 0.243 e. The highest BCUT2D eigenvalue weighted by Crippen LogP contribution is 2.27. The van der Waals surface area contributed by atoms with Crippen LogP contribution in [-0.2, 0) is 19.1 Å². The van der Waals surface area contributed by atoms with Crippen LogP contribution >= 0.6 is 0 Å². The zero-order valence-electron chi connectivity index (χ0n) is 23.7. The van der Waals surface area contributed by atoms with Crippen LogP contribution in [0.3, 0.4) is 0 Å². The Morgan fingerprint density at radius 2 is 1.68 bits per heavy atom. The number of nitrogens with zero attached hydrogens (tertiary/aromatic N) is 2. The molecule has 0 bridgehead atoms. The van der Waals surface area contributed by atoms with E-state index in [0.717, 1.165) is 31.6 Å². The van der Waals surface area contributed by atoms with Gasteiger partial charge in [-0.2, -0.15) is 0 Å². The molecule has 0 aromatic heterocycles. The van der Waals surface area contributed by atoms with Gasteiger partial charge in [0.15, 0.2) is 0 Å². The van der Waals surface area contributed by atoms with E-state index in [2.05, 4.69) is 15.5 Å². The van der Waals surface area contributed by atoms with Crippen molar-refractivity contribution in [1.82, 2.24) is 20.4 Å². The maximum absolute atomic E-state index is 14.1. The number of hydrogen-bond acceptors (Lipinski definition) is 5. The second-order valence-electron chi connectivity index (χ2n) is 10.7. The summed E-state index contributed by atoms with van der Waals surface area (Å²) in [6.07, 6.45) is 4.88. The van der Waals surface area contributed by atoms with Gasteiger partial charge in [0.25, 0.3) is 0 Å². The van der Waals surface area contributed by atoms with Crippen molar-refractivity contribution < 1.29 is 27.9 Å². The lowest BCUT2D eigenvalue weighted by Crippen LogP contribution is -2.49. The van der Waals surface area contributed by atoms with Crippen LogP contribution in [0.1, 0.15) is 57.1 Å². The molecule has 222 valence electrons. The normalized spacial score (nSPS) is 17.9. The van der Waals surface area contributed by atoms with Crippen molar-refractivity contribution in [3.8, 4) is 11.1 Å². The molecule has 8 nitrogen and oxygen atoms in total. The summed E-state index contributed by atoms with van der Waals surface area (Å²) in [5.41, 5.74) is 1.07. The molecule has 0 aliphatic carbocycles. The third-order valence-electron chi connectivity index (χ3n) is 7.77. The highest BCUT2D eigenvalue weighted by Gasteiger charge is 2.34. The Labute approximate surface area is 240 Å². The standard InChI is InChI=1S/C31H40F2N4O4/c1-22(23-10-12-24(13-11-23)30-25(32)7-4-8-26(30)33)35-31(40)27-9-5-18-37(27)29(39)21-34-28(38)14-20-41-19-6-17-36-15-2-3-16-36/h4,7-8,10-13,22,27H,2-3,5-6,9,14-21H2,1H3,(H,34,38)(H,35,40)/t22-,27-/m0/s1. The molecular formula is C31H40F2N4O4. The van der Waals surface area contributed by atoms with Gasteiger partial charge in [-0.05, 0) is 75.4 Å². The Balaban J connectivity index is 1.18. The van der Waals surface area contributed by atoms with Gasteiger partial charge in [-0.1, -0.05) is 30.3 Å². The van der Waals surface area contributed by atoms with Crippen molar-refractivity contribution in [2.45, 2.75) is 57.5 Å². The number of benzene rings is 2. The number of amides is 3. The zero-order chi connectivity index (χ0) is 29.2. The molecular weight excluding hydrogens is 530 g/mol. The highest BCUT2D eigenvalue weighted by atomic mass is 19.1. The Morgan fingerprint density at radius 3 is 2.39 bits per heavy atom. The van der Waals surface area contributed by atoms with E-state index in [1.54, 1.807) is 24.3 Å². The van der Waals surface area contributed by atoms with Gasteiger partial charge >= 0.3 is 0 Å². The first-order chi connectivity index (χ1) is 19.8. The van der Waals surface area contributed by atoms with E-state index >= 15 is 0 Å². The fraction of sp³-hybridized carbons (Fsp3) is 0.516. The number of hydrogen-bond donors (Lipinski definition) is 2. The zero-order valence-corrected chi connectivity index (χ0v) is 23.7. The quantitative estimate of drug-likeness (QED) is 0.358. The van der Waals surface area contributed by atoms with E-state index in [1.807, 2.05) is 6.92 Å². The minimum absolute atomic E-state index is 0.0941. The molecule has 2 aliphatic rings. The van der Waals surface area contributed by atoms with Crippen LogP contribution in [0.15, 0.2) is 42.5 Å². The third kappa shape index (κ3) is 8.56. The average molecular weight is 571 g/mol. The highest BCUT2D eigenvalue weighted by molar-refractivity contribution is 5.90. The molecule has 2 heterocycles. The molecule has 0 radical (unpaired) electrons. The number of carbonyl (C=O) groups excluding carboxylic acids is 3. The maximum Gasteiger partial charge on any atom is 0.243 e. The summed E-state index contributed by atoms with van der Waals surface area (Å²) in [5.74, 6) is -2.12. The Hall–Kier alpha value is -3.37. The molecule has 2 aliphatic heterocycles. The van der Waals surface area contributed by atoms with Gasteiger partial charge in [-0.3, -0.25) is 14.4 Å². The summed E-state index contributed by atoms with van der Waals surface area (Å²) in [5, 5.41) is 5.59. The molecule has 2 aromatic carbocycles. The third-order valence-corrected chi connectivity index (χ3v) is 7.77. The van der Waals surface area contributed by atoms with Gasteiger partial charge in [0.2, 0.25) is 17.7 Å². The first-order valence-corrected chi connectivity index (χ1v) is 14.5. The Morgan fingerprint density at radius 1 is 0.976 bits per heavy atom. The maximum atomic E-state index is 14.1. The number of ether oxygens (including phenoxy) is 1. The summed E-state index contributed by atoms with van der Waals surface area (Å²) in [7, 11) is 0. The number of likely N-dealkylation sites (tertiary alicyclic amines) is 2. The van der Waals surface area contributed by atoms with Crippen molar-refractivity contribution in [3.63, 3.8) is 0 Å². The second-order valence-corrected chi connectivity index (χ2v) is 10.7. The van der Waals surface area contributed by atoms with E-state index < -0.39 is 17.7 Å². The number of rotatable bonds is 13. The van der Waals surface area contributed by atoms with Gasteiger partial charge < -0.3 is 25.2 Å². The lowest BCUT2D eigenvalue weighted by atomic mass is 10.0. The van der Waals surface area contributed by atoms with Crippen LogP contribution < -0.4 is 10.6 Å². The van der Waals surface area contributed by atoms with Crippen LogP contribution in [0.5, 0.6) is 0 Å². The van der Waals surface area contributed by atoms with Gasteiger partial charge in [0.05, 0.1) is 24.8 Å². The summed E-state index contributed by atoms with van der Waals surface area (Å²) < 4.78 is 33.8. The van der Waals surface area contributed by atoms with Gasteiger partial charge in [0, 0.05) is 26.1 Å². The molecule has 3 amide bonds. The largest absolute Gasteiger partial charge is 0.381 e. The molecule has 0 spiro atoms. The predicted molar refractivity (Wildman–Crippen MR) is 152 cm³/mol. The van der Waals surface area contributed by atoms with Gasteiger partial charge in [-0.15, -0.1) is 0 Å². The Bertz CT molecular complexity index is 1170. The molecule has 0 saturated carbocycles. The van der Waals surface area contributed by atoms with E-state index in [4.69, 9.17) is 4.74 Å². The summed E-state index contributed by atoms with van der Waals surface area (Å²) in [4.78, 5) is 42.0. The van der Waals surface area contributed by atoms with Crippen LogP contribution in [0.4, 0.5) is 8.78 Å². The fourth-order valence-corrected chi connectivity index (χ4v) is 5.47. The first kappa shape index (κ1) is 30.6. The summed E-state index contributed by atoms with van der Waals surface area (Å²) >= 11 is 0. The number of carbonyl (C=O) groups is 3. The summed E-state index contributed by atoms with van der Waals surface area (Å²) in [6.45, 7) is 6.35. The monoisotopic (exact) mass is 570 g/mol. The van der Waals surface area contributed by atoms with Crippen LogP contribution in [-0.4, -0.2) is 79.5 Å². The van der Waals surface area contributed by atoms with Crippen molar-refractivity contribution in [2.75, 3.05) is 45.9 Å². The molecule has 0 unspecified atom stereocenters. The lowest BCUT2D eigenvalue weighted by Gasteiger charge is -2.26. The molecule has 10 heteroatoms. The van der Waals surface area contributed by atoms with Gasteiger partial charge in [-0.25, -0.2) is 8.78 Å². The predicted octanol–water partition coefficient (Wildman–Crippen LogP) is 3.81.